The predicted molar refractivity (Wildman–Crippen MR) is 169 cm³/mol. The molecular weight excluding hydrogens is 595 g/mol. The van der Waals surface area contributed by atoms with Gasteiger partial charge in [0.15, 0.2) is 5.16 Å². The highest BCUT2D eigenvalue weighted by Gasteiger charge is 2.22. The molecule has 0 bridgehead atoms. The number of methoxy groups -OCH3 is 1. The van der Waals surface area contributed by atoms with Crippen LogP contribution in [0.4, 0.5) is 5.00 Å². The van der Waals surface area contributed by atoms with E-state index in [1.165, 1.54) is 41.5 Å². The van der Waals surface area contributed by atoms with E-state index in [0.29, 0.717) is 26.1 Å². The molecule has 0 saturated heterocycles. The van der Waals surface area contributed by atoms with Crippen molar-refractivity contribution in [2.24, 2.45) is 0 Å². The number of aromatic nitrogens is 2. The Morgan fingerprint density at radius 1 is 0.976 bits per heavy atom. The summed E-state index contributed by atoms with van der Waals surface area (Å²) >= 11 is 5.45. The zero-order chi connectivity index (χ0) is 28.3. The number of carbonyl (C=O) groups is 2. The Labute approximate surface area is 251 Å². The van der Waals surface area contributed by atoms with Crippen molar-refractivity contribution >= 4 is 72.9 Å². The Kier molecular flexibility index (Phi) is 7.84. The summed E-state index contributed by atoms with van der Waals surface area (Å²) in [6.07, 6.45) is 0. The van der Waals surface area contributed by atoms with Gasteiger partial charge in [0, 0.05) is 20.7 Å². The summed E-state index contributed by atoms with van der Waals surface area (Å²) in [6.45, 7) is 0. The molecule has 6 rings (SSSR count). The van der Waals surface area contributed by atoms with Gasteiger partial charge in [-0.2, -0.15) is 0 Å². The van der Waals surface area contributed by atoms with Crippen LogP contribution in [-0.2, 0) is 9.53 Å². The second kappa shape index (κ2) is 11.8. The van der Waals surface area contributed by atoms with Gasteiger partial charge < -0.3 is 10.1 Å². The largest absolute Gasteiger partial charge is 0.465 e. The molecule has 0 aliphatic rings. The van der Waals surface area contributed by atoms with Gasteiger partial charge in [-0.15, -0.1) is 34.0 Å². The van der Waals surface area contributed by atoms with Crippen LogP contribution in [0.5, 0.6) is 0 Å². The van der Waals surface area contributed by atoms with Crippen molar-refractivity contribution in [2.75, 3.05) is 18.2 Å². The summed E-state index contributed by atoms with van der Waals surface area (Å²) < 4.78 is 6.51. The Morgan fingerprint density at radius 3 is 2.44 bits per heavy atom. The fraction of sp³-hybridized carbons (Fsp3) is 0.0667. The standard InChI is InChI=1S/C30H21N3O4S4/c1-37-29(36)20-15-23(18-9-4-2-5-10-18)41-26(20)31-24(34)17-40-30-32-27-25(21(16-39-27)22-13-8-14-38-22)28(35)33(30)19-11-6-3-7-12-19/h2-16H,17H2,1H3,(H,31,34). The third-order valence-electron chi connectivity index (χ3n) is 6.16. The van der Waals surface area contributed by atoms with Gasteiger partial charge in [-0.1, -0.05) is 66.4 Å². The van der Waals surface area contributed by atoms with Crippen molar-refractivity contribution in [1.82, 2.24) is 9.55 Å². The lowest BCUT2D eigenvalue weighted by Gasteiger charge is -2.12. The van der Waals surface area contributed by atoms with Crippen LogP contribution in [-0.4, -0.2) is 34.3 Å². The van der Waals surface area contributed by atoms with Crippen LogP contribution in [0.25, 0.3) is 36.8 Å². The molecule has 0 fully saturated rings. The summed E-state index contributed by atoms with van der Waals surface area (Å²) in [4.78, 5) is 46.8. The van der Waals surface area contributed by atoms with E-state index < -0.39 is 5.97 Å². The van der Waals surface area contributed by atoms with E-state index in [-0.39, 0.29) is 22.8 Å². The minimum Gasteiger partial charge on any atom is -0.465 e. The zero-order valence-corrected chi connectivity index (χ0v) is 24.8. The second-order valence-corrected chi connectivity index (χ2v) is 12.5. The maximum atomic E-state index is 13.9. The molecule has 4 heterocycles. The van der Waals surface area contributed by atoms with Crippen LogP contribution in [0.2, 0.25) is 0 Å². The predicted octanol–water partition coefficient (Wildman–Crippen LogP) is 7.42. The van der Waals surface area contributed by atoms with Gasteiger partial charge in [0.1, 0.15) is 9.83 Å². The lowest BCUT2D eigenvalue weighted by molar-refractivity contribution is -0.113. The van der Waals surface area contributed by atoms with Crippen molar-refractivity contribution in [3.63, 3.8) is 0 Å². The van der Waals surface area contributed by atoms with E-state index >= 15 is 0 Å². The maximum absolute atomic E-state index is 13.9. The topological polar surface area (TPSA) is 90.3 Å². The Bertz CT molecular complexity index is 1910. The SMILES string of the molecule is COC(=O)c1cc(-c2ccccc2)sc1NC(=O)CSc1nc2scc(-c3cccs3)c2c(=O)n1-c1ccccc1. The molecular formula is C30H21N3O4S4. The van der Waals surface area contributed by atoms with Crippen molar-refractivity contribution in [1.29, 1.82) is 0 Å². The first-order chi connectivity index (χ1) is 20.0. The number of hydrogen-bond donors (Lipinski definition) is 1. The number of anilines is 1. The molecule has 0 spiro atoms. The number of ether oxygens (including phenoxy) is 1. The number of nitrogens with zero attached hydrogens (tertiary/aromatic N) is 2. The van der Waals surface area contributed by atoms with E-state index in [4.69, 9.17) is 9.72 Å². The monoisotopic (exact) mass is 615 g/mol. The lowest BCUT2D eigenvalue weighted by atomic mass is 10.1. The van der Waals surface area contributed by atoms with Crippen molar-refractivity contribution < 1.29 is 14.3 Å². The molecule has 0 aliphatic carbocycles. The van der Waals surface area contributed by atoms with Gasteiger partial charge in [-0.25, -0.2) is 9.78 Å². The van der Waals surface area contributed by atoms with E-state index in [9.17, 15) is 14.4 Å². The fourth-order valence-corrected chi connectivity index (χ4v) is 7.95. The van der Waals surface area contributed by atoms with Gasteiger partial charge in [0.25, 0.3) is 5.56 Å². The third-order valence-corrected chi connectivity index (χ3v) is 9.97. The number of carbonyl (C=O) groups excluding carboxylic acids is 2. The first-order valence-electron chi connectivity index (χ1n) is 12.4. The van der Waals surface area contributed by atoms with Crippen molar-refractivity contribution in [3.8, 4) is 26.6 Å². The minimum absolute atomic E-state index is 0.0207. The van der Waals surface area contributed by atoms with E-state index in [1.54, 1.807) is 22.0 Å². The molecule has 2 aromatic carbocycles. The second-order valence-electron chi connectivity index (χ2n) is 8.73. The number of esters is 1. The summed E-state index contributed by atoms with van der Waals surface area (Å²) in [6, 6.07) is 24.6. The number of hydrogen-bond acceptors (Lipinski definition) is 9. The molecule has 41 heavy (non-hydrogen) atoms. The summed E-state index contributed by atoms with van der Waals surface area (Å²) in [5, 5.41) is 8.18. The third kappa shape index (κ3) is 5.49. The number of fused-ring (bicyclic) bond motifs is 1. The van der Waals surface area contributed by atoms with Gasteiger partial charge >= 0.3 is 5.97 Å². The number of nitrogens with one attached hydrogen (secondary N) is 1. The molecule has 1 N–H and O–H groups in total. The van der Waals surface area contributed by atoms with Crippen molar-refractivity contribution in [2.45, 2.75) is 5.16 Å². The summed E-state index contributed by atoms with van der Waals surface area (Å²) in [7, 11) is 1.31. The highest BCUT2D eigenvalue weighted by Crippen LogP contribution is 2.37. The Morgan fingerprint density at radius 2 is 1.73 bits per heavy atom. The molecule has 0 radical (unpaired) electrons. The number of para-hydroxylation sites is 1. The highest BCUT2D eigenvalue weighted by molar-refractivity contribution is 7.99. The smallest absolute Gasteiger partial charge is 0.340 e. The van der Waals surface area contributed by atoms with Gasteiger partial charge in [0.05, 0.1) is 29.5 Å². The zero-order valence-electron chi connectivity index (χ0n) is 21.5. The maximum Gasteiger partial charge on any atom is 0.340 e. The average molecular weight is 616 g/mol. The molecule has 0 unspecified atom stereocenters. The summed E-state index contributed by atoms with van der Waals surface area (Å²) in [5.41, 5.74) is 2.55. The molecule has 1 amide bonds. The molecule has 4 aromatic heterocycles. The van der Waals surface area contributed by atoms with Crippen LogP contribution in [0.3, 0.4) is 0 Å². The van der Waals surface area contributed by atoms with Crippen molar-refractivity contribution in [3.05, 3.63) is 106 Å². The van der Waals surface area contributed by atoms with E-state index in [1.807, 2.05) is 83.6 Å². The van der Waals surface area contributed by atoms with Gasteiger partial charge in [-0.3, -0.25) is 14.2 Å². The number of benzene rings is 2. The highest BCUT2D eigenvalue weighted by atomic mass is 32.2. The minimum atomic E-state index is -0.532. The van der Waals surface area contributed by atoms with Crippen LogP contribution >= 0.6 is 45.8 Å². The van der Waals surface area contributed by atoms with Crippen LogP contribution in [0, 0.1) is 0 Å². The molecule has 6 aromatic rings. The van der Waals surface area contributed by atoms with Crippen LogP contribution < -0.4 is 10.9 Å². The quantitative estimate of drug-likeness (QED) is 0.109. The molecule has 0 aliphatic heterocycles. The van der Waals surface area contributed by atoms with Gasteiger partial charge in [0.2, 0.25) is 5.91 Å². The number of rotatable bonds is 8. The van der Waals surface area contributed by atoms with Crippen LogP contribution in [0.15, 0.2) is 99.6 Å². The Balaban J connectivity index is 1.32. The molecule has 0 atom stereocenters. The number of thiophene rings is 3. The first kappa shape index (κ1) is 27.2. The summed E-state index contributed by atoms with van der Waals surface area (Å²) in [5.74, 6) is -0.885. The Hall–Kier alpha value is -4.03. The normalized spacial score (nSPS) is 11.0. The van der Waals surface area contributed by atoms with Gasteiger partial charge in [-0.05, 0) is 35.2 Å². The average Bonchev–Trinajstić information content (AvgIpc) is 3.77. The lowest BCUT2D eigenvalue weighted by Crippen LogP contribution is -2.22. The molecule has 204 valence electrons. The number of thioether (sulfide) groups is 1. The molecule has 7 nitrogen and oxygen atoms in total. The van der Waals surface area contributed by atoms with Crippen LogP contribution in [0.1, 0.15) is 10.4 Å². The fourth-order valence-electron chi connectivity index (χ4n) is 4.27. The number of amides is 1. The molecule has 0 saturated carbocycles. The molecule has 11 heteroatoms. The van der Waals surface area contributed by atoms with E-state index in [2.05, 4.69) is 5.32 Å². The first-order valence-corrected chi connectivity index (χ1v) is 15.9. The van der Waals surface area contributed by atoms with E-state index in [0.717, 1.165) is 20.9 Å².